The summed E-state index contributed by atoms with van der Waals surface area (Å²) in [4.78, 5) is 14.8. The highest BCUT2D eigenvalue weighted by molar-refractivity contribution is 5.81. The maximum atomic E-state index is 5.07. The van der Waals surface area contributed by atoms with E-state index in [9.17, 15) is 0 Å². The molecule has 0 aliphatic carbocycles. The Morgan fingerprint density at radius 3 is 2.28 bits per heavy atom. The zero-order chi connectivity index (χ0) is 20.4. The van der Waals surface area contributed by atoms with Gasteiger partial charge in [0.05, 0.1) is 11.0 Å². The number of fused-ring (bicyclic) bond motifs is 1. The molecule has 1 aromatic heterocycles. The Bertz CT molecular complexity index is 973. The molecule has 4 nitrogen and oxygen atoms in total. The minimum absolute atomic E-state index is 0.505. The predicted octanol–water partition coefficient (Wildman–Crippen LogP) is 5.63. The second-order valence-corrected chi connectivity index (χ2v) is 8.74. The molecule has 0 atom stereocenters. The highest BCUT2D eigenvalue weighted by Crippen LogP contribution is 2.32. The fourth-order valence-corrected chi connectivity index (χ4v) is 4.24. The number of hydrogen-bond donors (Lipinski definition) is 0. The lowest BCUT2D eigenvalue weighted by Gasteiger charge is -2.34. The van der Waals surface area contributed by atoms with Crippen molar-refractivity contribution in [2.24, 2.45) is 5.92 Å². The molecule has 0 amide bonds. The second kappa shape index (κ2) is 8.40. The first-order chi connectivity index (χ1) is 14.0. The molecule has 0 bridgehead atoms. The number of para-hydroxylation sites is 2. The third-order valence-electron chi connectivity index (χ3n) is 6.06. The van der Waals surface area contributed by atoms with Crippen LogP contribution in [0.4, 0.5) is 11.6 Å². The summed E-state index contributed by atoms with van der Waals surface area (Å²) in [5.41, 5.74) is 4.70. The smallest absolute Gasteiger partial charge is 0.172 e. The molecule has 1 aliphatic rings. The molecule has 2 heterocycles. The van der Waals surface area contributed by atoms with E-state index >= 15 is 0 Å². The van der Waals surface area contributed by atoms with Crippen LogP contribution in [0.2, 0.25) is 0 Å². The summed E-state index contributed by atoms with van der Waals surface area (Å²) < 4.78 is 0. The van der Waals surface area contributed by atoms with Crippen molar-refractivity contribution in [3.05, 3.63) is 59.7 Å². The summed E-state index contributed by atoms with van der Waals surface area (Å²) in [6.07, 6.45) is 2.43. The lowest BCUT2D eigenvalue weighted by atomic mass is 9.97. The van der Waals surface area contributed by atoms with Gasteiger partial charge in [-0.15, -0.1) is 0 Å². The number of nitrogens with zero attached hydrogens (tertiary/aromatic N) is 4. The first kappa shape index (κ1) is 19.7. The van der Waals surface area contributed by atoms with Gasteiger partial charge in [0, 0.05) is 26.7 Å². The van der Waals surface area contributed by atoms with Crippen LogP contribution in [-0.2, 0) is 6.54 Å². The van der Waals surface area contributed by atoms with Crippen LogP contribution in [0.25, 0.3) is 11.0 Å². The van der Waals surface area contributed by atoms with Crippen LogP contribution in [-0.4, -0.2) is 30.1 Å². The highest BCUT2D eigenvalue weighted by atomic mass is 15.3. The van der Waals surface area contributed by atoms with Gasteiger partial charge in [-0.3, -0.25) is 0 Å². The van der Waals surface area contributed by atoms with Crippen molar-refractivity contribution in [2.75, 3.05) is 29.9 Å². The van der Waals surface area contributed by atoms with Crippen molar-refractivity contribution in [1.82, 2.24) is 9.97 Å². The van der Waals surface area contributed by atoms with Crippen LogP contribution in [0, 0.1) is 5.92 Å². The Labute approximate surface area is 174 Å². The Morgan fingerprint density at radius 2 is 1.59 bits per heavy atom. The van der Waals surface area contributed by atoms with Gasteiger partial charge in [0.15, 0.2) is 11.6 Å². The van der Waals surface area contributed by atoms with Gasteiger partial charge < -0.3 is 9.80 Å². The predicted molar refractivity (Wildman–Crippen MR) is 123 cm³/mol. The first-order valence-electron chi connectivity index (χ1n) is 10.8. The monoisotopic (exact) mass is 388 g/mol. The maximum absolute atomic E-state index is 5.07. The zero-order valence-electron chi connectivity index (χ0n) is 18.1. The second-order valence-electron chi connectivity index (χ2n) is 8.74. The average Bonchev–Trinajstić information content (AvgIpc) is 2.73. The lowest BCUT2D eigenvalue weighted by Crippen LogP contribution is -2.35. The van der Waals surface area contributed by atoms with E-state index in [0.717, 1.165) is 48.2 Å². The first-order valence-corrected chi connectivity index (χ1v) is 10.8. The van der Waals surface area contributed by atoms with Crippen molar-refractivity contribution in [3.8, 4) is 0 Å². The minimum atomic E-state index is 0.505. The van der Waals surface area contributed by atoms with Crippen LogP contribution in [0.1, 0.15) is 50.7 Å². The Morgan fingerprint density at radius 1 is 0.966 bits per heavy atom. The van der Waals surface area contributed by atoms with Gasteiger partial charge in [0.1, 0.15) is 0 Å². The van der Waals surface area contributed by atoms with E-state index in [0.29, 0.717) is 5.92 Å². The minimum Gasteiger partial charge on any atom is -0.354 e. The standard InChI is InChI=1S/C25H32N4/c1-18(2)21-10-6-5-9-20(21)17-28(4)24-25(29-15-13-19(3)14-16-29)27-23-12-8-7-11-22(23)26-24/h5-12,18-19H,13-17H2,1-4H3. The number of rotatable bonds is 5. The quantitative estimate of drug-likeness (QED) is 0.567. The summed E-state index contributed by atoms with van der Waals surface area (Å²) in [5.74, 6) is 3.31. The molecule has 152 valence electrons. The molecule has 3 aromatic rings. The molecule has 0 saturated carbocycles. The van der Waals surface area contributed by atoms with Crippen LogP contribution in [0.15, 0.2) is 48.5 Å². The molecular formula is C25H32N4. The molecule has 1 aliphatic heterocycles. The van der Waals surface area contributed by atoms with Crippen LogP contribution < -0.4 is 9.80 Å². The molecule has 1 fully saturated rings. The molecule has 0 N–H and O–H groups in total. The lowest BCUT2D eigenvalue weighted by molar-refractivity contribution is 0.436. The molecular weight excluding hydrogens is 356 g/mol. The Balaban J connectivity index is 1.72. The zero-order valence-corrected chi connectivity index (χ0v) is 18.1. The molecule has 4 heteroatoms. The number of benzene rings is 2. The topological polar surface area (TPSA) is 32.3 Å². The summed E-state index contributed by atoms with van der Waals surface area (Å²) >= 11 is 0. The number of aromatic nitrogens is 2. The molecule has 1 saturated heterocycles. The van der Waals surface area contributed by atoms with E-state index in [1.54, 1.807) is 0 Å². The van der Waals surface area contributed by atoms with Crippen LogP contribution in [0.3, 0.4) is 0 Å². The summed E-state index contributed by atoms with van der Waals surface area (Å²) in [6, 6.07) is 17.0. The van der Waals surface area contributed by atoms with Crippen molar-refractivity contribution in [2.45, 2.75) is 46.1 Å². The maximum Gasteiger partial charge on any atom is 0.172 e. The van der Waals surface area contributed by atoms with Gasteiger partial charge in [-0.1, -0.05) is 57.2 Å². The van der Waals surface area contributed by atoms with Crippen molar-refractivity contribution >= 4 is 22.7 Å². The molecule has 2 aromatic carbocycles. The van der Waals surface area contributed by atoms with Gasteiger partial charge in [0.2, 0.25) is 0 Å². The van der Waals surface area contributed by atoms with E-state index < -0.39 is 0 Å². The molecule has 0 unspecified atom stereocenters. The van der Waals surface area contributed by atoms with Gasteiger partial charge in [-0.2, -0.15) is 0 Å². The molecule has 0 spiro atoms. The summed E-state index contributed by atoms with van der Waals surface area (Å²) in [6.45, 7) is 9.80. The summed E-state index contributed by atoms with van der Waals surface area (Å²) in [5, 5.41) is 0. The van der Waals surface area contributed by atoms with E-state index in [4.69, 9.17) is 9.97 Å². The van der Waals surface area contributed by atoms with E-state index in [1.165, 1.54) is 24.0 Å². The molecule has 0 radical (unpaired) electrons. The average molecular weight is 389 g/mol. The third-order valence-corrected chi connectivity index (χ3v) is 6.06. The van der Waals surface area contributed by atoms with Crippen molar-refractivity contribution in [3.63, 3.8) is 0 Å². The Hall–Kier alpha value is -2.62. The van der Waals surface area contributed by atoms with Gasteiger partial charge in [-0.05, 0) is 47.9 Å². The molecule has 4 rings (SSSR count). The van der Waals surface area contributed by atoms with Crippen LogP contribution >= 0.6 is 0 Å². The summed E-state index contributed by atoms with van der Waals surface area (Å²) in [7, 11) is 2.14. The highest BCUT2D eigenvalue weighted by Gasteiger charge is 2.23. The number of anilines is 2. The van der Waals surface area contributed by atoms with Gasteiger partial charge in [-0.25, -0.2) is 9.97 Å². The van der Waals surface area contributed by atoms with Crippen molar-refractivity contribution in [1.29, 1.82) is 0 Å². The fourth-order valence-electron chi connectivity index (χ4n) is 4.24. The normalized spacial score (nSPS) is 15.3. The van der Waals surface area contributed by atoms with Crippen molar-refractivity contribution < 1.29 is 0 Å². The van der Waals surface area contributed by atoms with Gasteiger partial charge >= 0.3 is 0 Å². The number of piperidine rings is 1. The van der Waals surface area contributed by atoms with E-state index in [2.05, 4.69) is 74.0 Å². The Kier molecular flexibility index (Phi) is 5.70. The molecule has 29 heavy (non-hydrogen) atoms. The largest absolute Gasteiger partial charge is 0.354 e. The van der Waals surface area contributed by atoms with Gasteiger partial charge in [0.25, 0.3) is 0 Å². The third kappa shape index (κ3) is 4.21. The van der Waals surface area contributed by atoms with E-state index in [-0.39, 0.29) is 0 Å². The van der Waals surface area contributed by atoms with Crippen LogP contribution in [0.5, 0.6) is 0 Å². The van der Waals surface area contributed by atoms with E-state index in [1.807, 2.05) is 12.1 Å². The fraction of sp³-hybridized carbons (Fsp3) is 0.440. The number of hydrogen-bond acceptors (Lipinski definition) is 4. The SMILES string of the molecule is CC1CCN(c2nc3ccccc3nc2N(C)Cc2ccccc2C(C)C)CC1.